The van der Waals surface area contributed by atoms with Gasteiger partial charge in [0.25, 0.3) is 0 Å². The van der Waals surface area contributed by atoms with Crippen molar-refractivity contribution in [3.8, 4) is 0 Å². The summed E-state index contributed by atoms with van der Waals surface area (Å²) in [7, 11) is 0. The molecule has 0 spiro atoms. The smallest absolute Gasteiger partial charge is 0.0903 e. The largest absolute Gasteiger partial charge is 0.370 e. The van der Waals surface area contributed by atoms with Crippen molar-refractivity contribution in [3.63, 3.8) is 0 Å². The Morgan fingerprint density at radius 1 is 1.50 bits per heavy atom. The van der Waals surface area contributed by atoms with Gasteiger partial charge in [-0.1, -0.05) is 0 Å². The van der Waals surface area contributed by atoms with Gasteiger partial charge in [-0.15, -0.1) is 11.3 Å². The number of hydrogen-bond acceptors (Lipinski definition) is 3. The van der Waals surface area contributed by atoms with Gasteiger partial charge in [0.1, 0.15) is 0 Å². The summed E-state index contributed by atoms with van der Waals surface area (Å²) in [5.41, 5.74) is 0.963. The first-order valence-electron chi connectivity index (χ1n) is 4.02. The van der Waals surface area contributed by atoms with Gasteiger partial charge < -0.3 is 4.74 Å². The highest BCUT2D eigenvalue weighted by Crippen LogP contribution is 2.13. The third kappa shape index (κ3) is 3.32. The fraction of sp³-hybridized carbons (Fsp3) is 0.667. The quantitative estimate of drug-likeness (QED) is 0.706. The van der Waals surface area contributed by atoms with Gasteiger partial charge in [0.2, 0.25) is 0 Å². The van der Waals surface area contributed by atoms with E-state index in [4.69, 9.17) is 4.74 Å². The number of aromatic nitrogens is 1. The van der Waals surface area contributed by atoms with E-state index in [1.165, 1.54) is 0 Å². The number of rotatable bonds is 2. The second-order valence-corrected chi connectivity index (χ2v) is 4.82. The van der Waals surface area contributed by atoms with Crippen molar-refractivity contribution in [3.05, 3.63) is 16.1 Å². The maximum Gasteiger partial charge on any atom is 0.0903 e. The third-order valence-corrected chi connectivity index (χ3v) is 2.14. The van der Waals surface area contributed by atoms with Crippen LogP contribution >= 0.6 is 11.3 Å². The zero-order valence-corrected chi connectivity index (χ0v) is 8.86. The van der Waals surface area contributed by atoms with E-state index in [0.717, 1.165) is 10.7 Å². The molecule has 1 aromatic rings. The lowest BCUT2D eigenvalue weighted by Gasteiger charge is -2.18. The molecule has 1 aromatic heterocycles. The standard InChI is InChI=1S/C9H15NOS/c1-7-10-8(6-12-7)5-11-9(2,3)4/h6H,5H2,1-4H3. The summed E-state index contributed by atoms with van der Waals surface area (Å²) in [4.78, 5) is 4.31. The van der Waals surface area contributed by atoms with Crippen LogP contribution in [0, 0.1) is 6.92 Å². The van der Waals surface area contributed by atoms with Gasteiger partial charge in [0.15, 0.2) is 0 Å². The van der Waals surface area contributed by atoms with Crippen molar-refractivity contribution in [2.24, 2.45) is 0 Å². The van der Waals surface area contributed by atoms with E-state index in [9.17, 15) is 0 Å². The predicted octanol–water partition coefficient (Wildman–Crippen LogP) is 2.77. The lowest BCUT2D eigenvalue weighted by Crippen LogP contribution is -2.18. The Morgan fingerprint density at radius 2 is 2.17 bits per heavy atom. The van der Waals surface area contributed by atoms with Crippen molar-refractivity contribution >= 4 is 11.3 Å². The van der Waals surface area contributed by atoms with E-state index < -0.39 is 0 Å². The van der Waals surface area contributed by atoms with Crippen LogP contribution in [0.25, 0.3) is 0 Å². The minimum absolute atomic E-state index is 0.0719. The highest BCUT2D eigenvalue weighted by atomic mass is 32.1. The Bertz CT molecular complexity index is 249. The lowest BCUT2D eigenvalue weighted by molar-refractivity contribution is -0.0163. The third-order valence-electron chi connectivity index (χ3n) is 1.32. The van der Waals surface area contributed by atoms with E-state index >= 15 is 0 Å². The number of thiazole rings is 1. The van der Waals surface area contributed by atoms with Crippen LogP contribution < -0.4 is 0 Å². The molecule has 68 valence electrons. The Kier molecular flexibility index (Phi) is 2.85. The van der Waals surface area contributed by atoms with Crippen LogP contribution in [-0.4, -0.2) is 10.6 Å². The Morgan fingerprint density at radius 3 is 2.58 bits per heavy atom. The molecule has 0 radical (unpaired) electrons. The summed E-state index contributed by atoms with van der Waals surface area (Å²) in [6.07, 6.45) is 0. The highest BCUT2D eigenvalue weighted by molar-refractivity contribution is 7.09. The fourth-order valence-electron chi connectivity index (χ4n) is 0.765. The Labute approximate surface area is 77.6 Å². The zero-order valence-electron chi connectivity index (χ0n) is 8.05. The Balaban J connectivity index is 2.44. The molecule has 1 rings (SSSR count). The van der Waals surface area contributed by atoms with Gasteiger partial charge in [-0.2, -0.15) is 0 Å². The van der Waals surface area contributed by atoms with E-state index in [0.29, 0.717) is 6.61 Å². The second kappa shape index (κ2) is 3.54. The van der Waals surface area contributed by atoms with Crippen LogP contribution in [0.2, 0.25) is 0 Å². The molecule has 0 saturated heterocycles. The average molecular weight is 185 g/mol. The molecule has 1 heterocycles. The summed E-state index contributed by atoms with van der Waals surface area (Å²) in [5, 5.41) is 3.14. The van der Waals surface area contributed by atoms with E-state index in [1.54, 1.807) is 11.3 Å². The van der Waals surface area contributed by atoms with E-state index in [1.807, 2.05) is 33.1 Å². The van der Waals surface area contributed by atoms with Gasteiger partial charge in [-0.3, -0.25) is 0 Å². The van der Waals surface area contributed by atoms with Gasteiger partial charge in [-0.25, -0.2) is 4.98 Å². The molecule has 0 aliphatic heterocycles. The van der Waals surface area contributed by atoms with Crippen LogP contribution in [0.1, 0.15) is 31.5 Å². The fourth-order valence-corrected chi connectivity index (χ4v) is 1.36. The van der Waals surface area contributed by atoms with Crippen LogP contribution in [0.15, 0.2) is 5.38 Å². The molecular weight excluding hydrogens is 170 g/mol. The number of aryl methyl sites for hydroxylation is 1. The summed E-state index contributed by atoms with van der Waals surface area (Å²) in [5.74, 6) is 0. The number of ether oxygens (including phenoxy) is 1. The van der Waals surface area contributed by atoms with Gasteiger partial charge in [-0.05, 0) is 27.7 Å². The molecule has 0 amide bonds. The molecule has 0 atom stereocenters. The molecule has 0 bridgehead atoms. The number of nitrogens with zero attached hydrogens (tertiary/aromatic N) is 1. The predicted molar refractivity (Wildman–Crippen MR) is 51.4 cm³/mol. The molecule has 0 saturated carbocycles. The van der Waals surface area contributed by atoms with Crippen molar-refractivity contribution in [1.82, 2.24) is 4.98 Å². The summed E-state index contributed by atoms with van der Waals surface area (Å²) in [6.45, 7) is 8.77. The van der Waals surface area contributed by atoms with E-state index in [-0.39, 0.29) is 5.60 Å². The zero-order chi connectivity index (χ0) is 9.19. The highest BCUT2D eigenvalue weighted by Gasteiger charge is 2.10. The van der Waals surface area contributed by atoms with E-state index in [2.05, 4.69) is 4.98 Å². The molecule has 0 aliphatic carbocycles. The van der Waals surface area contributed by atoms with Crippen LogP contribution in [0.4, 0.5) is 0 Å². The molecule has 0 aliphatic rings. The molecule has 0 fully saturated rings. The lowest BCUT2D eigenvalue weighted by atomic mass is 10.2. The van der Waals surface area contributed by atoms with Gasteiger partial charge in [0.05, 0.1) is 22.9 Å². The summed E-state index contributed by atoms with van der Waals surface area (Å²) in [6, 6.07) is 0. The second-order valence-electron chi connectivity index (χ2n) is 3.76. The normalized spacial score (nSPS) is 12.0. The monoisotopic (exact) mass is 185 g/mol. The summed E-state index contributed by atoms with van der Waals surface area (Å²) >= 11 is 1.66. The molecule has 0 unspecified atom stereocenters. The first kappa shape index (κ1) is 9.68. The number of hydrogen-bond donors (Lipinski definition) is 0. The molecule has 12 heavy (non-hydrogen) atoms. The van der Waals surface area contributed by atoms with Gasteiger partial charge >= 0.3 is 0 Å². The Hall–Kier alpha value is -0.410. The van der Waals surface area contributed by atoms with Gasteiger partial charge in [0, 0.05) is 5.38 Å². The topological polar surface area (TPSA) is 22.1 Å². The minimum atomic E-state index is -0.0719. The van der Waals surface area contributed by atoms with Crippen LogP contribution in [0.3, 0.4) is 0 Å². The first-order valence-corrected chi connectivity index (χ1v) is 4.90. The van der Waals surface area contributed by atoms with Crippen molar-refractivity contribution in [2.45, 2.75) is 39.9 Å². The molecular formula is C9H15NOS. The molecule has 2 nitrogen and oxygen atoms in total. The first-order chi connectivity index (χ1) is 5.47. The average Bonchev–Trinajstić information content (AvgIpc) is 2.30. The SMILES string of the molecule is Cc1nc(COC(C)(C)C)cs1. The maximum atomic E-state index is 5.57. The van der Waals surface area contributed by atoms with Crippen LogP contribution in [0.5, 0.6) is 0 Å². The van der Waals surface area contributed by atoms with Crippen LogP contribution in [-0.2, 0) is 11.3 Å². The maximum absolute atomic E-state index is 5.57. The van der Waals surface area contributed by atoms with Crippen molar-refractivity contribution in [1.29, 1.82) is 0 Å². The molecule has 0 N–H and O–H groups in total. The molecule has 0 aromatic carbocycles. The van der Waals surface area contributed by atoms with Crippen molar-refractivity contribution < 1.29 is 4.74 Å². The molecule has 3 heteroatoms. The minimum Gasteiger partial charge on any atom is -0.370 e. The van der Waals surface area contributed by atoms with Crippen molar-refractivity contribution in [2.75, 3.05) is 0 Å². The summed E-state index contributed by atoms with van der Waals surface area (Å²) < 4.78 is 5.57.